The van der Waals surface area contributed by atoms with E-state index < -0.39 is 6.04 Å². The number of ether oxygens (including phenoxy) is 4. The topological polar surface area (TPSA) is 77.5 Å². The molecule has 6 rings (SSSR count). The fraction of sp³-hybridized carbons (Fsp3) is 0.871. The first-order valence-corrected chi connectivity index (χ1v) is 30.1. The SMILES string of the molecule is CCCCCC=CCC=CCCCCCCCCOCC(CN1CCCCC1)OCCCOC(=O)C1CCCN1C(=O)OC1CCC2(C)C(=CCC3C2CCC2(C)C(C(C)CCCC(C)C)CCC32)C1. The fourth-order valence-corrected chi connectivity index (χ4v) is 14.8. The molecular weight excluding hydrogens is 869 g/mol. The Morgan fingerprint density at radius 2 is 1.50 bits per heavy atom. The molecule has 400 valence electrons. The summed E-state index contributed by atoms with van der Waals surface area (Å²) in [6, 6.07) is -0.568. The minimum Gasteiger partial charge on any atom is -0.464 e. The fourth-order valence-electron chi connectivity index (χ4n) is 14.8. The molecule has 0 bridgehead atoms. The van der Waals surface area contributed by atoms with Gasteiger partial charge in [-0.3, -0.25) is 4.90 Å². The van der Waals surface area contributed by atoms with Crippen LogP contribution in [0.2, 0.25) is 0 Å². The van der Waals surface area contributed by atoms with Crippen molar-refractivity contribution in [1.29, 1.82) is 0 Å². The highest BCUT2D eigenvalue weighted by molar-refractivity contribution is 5.82. The van der Waals surface area contributed by atoms with Gasteiger partial charge in [0.05, 0.1) is 25.9 Å². The van der Waals surface area contributed by atoms with Gasteiger partial charge >= 0.3 is 12.1 Å². The number of carbonyl (C=O) groups is 2. The van der Waals surface area contributed by atoms with E-state index in [-0.39, 0.29) is 36.3 Å². The lowest BCUT2D eigenvalue weighted by Crippen LogP contribution is -2.51. The van der Waals surface area contributed by atoms with Crippen LogP contribution in [0.25, 0.3) is 0 Å². The van der Waals surface area contributed by atoms with Crippen LogP contribution in [0.3, 0.4) is 0 Å². The molecule has 0 spiro atoms. The summed E-state index contributed by atoms with van der Waals surface area (Å²) in [5.74, 6) is 4.57. The number of carbonyl (C=O) groups excluding carboxylic acids is 2. The smallest absolute Gasteiger partial charge is 0.410 e. The highest BCUT2D eigenvalue weighted by Crippen LogP contribution is 2.67. The number of fused-ring (bicyclic) bond motifs is 5. The molecule has 0 aromatic rings. The van der Waals surface area contributed by atoms with Gasteiger partial charge in [0.25, 0.3) is 0 Å². The van der Waals surface area contributed by atoms with Gasteiger partial charge in [-0.15, -0.1) is 0 Å². The molecule has 70 heavy (non-hydrogen) atoms. The molecule has 6 aliphatic rings. The van der Waals surface area contributed by atoms with Crippen LogP contribution in [0.15, 0.2) is 36.0 Å². The first-order chi connectivity index (χ1) is 34.0. The molecule has 3 saturated carbocycles. The maximum Gasteiger partial charge on any atom is 0.410 e. The average Bonchev–Trinajstić information content (AvgIpc) is 3.99. The predicted molar refractivity (Wildman–Crippen MR) is 289 cm³/mol. The Balaban J connectivity index is 0.852. The molecular formula is C62H106N2O6. The van der Waals surface area contributed by atoms with Crippen LogP contribution in [0.4, 0.5) is 4.79 Å². The molecule has 2 aliphatic heterocycles. The van der Waals surface area contributed by atoms with E-state index in [1.54, 1.807) is 4.90 Å². The standard InChI is InChI=1S/C62H106N2O6/c1-7-8-9-10-11-12-13-14-15-16-17-18-19-20-21-25-43-67-48-53(47-63-40-23-22-24-41-63)68-44-28-45-69-59(65)58-31-27-42-64(58)60(66)70-52-36-38-61(5)51(46-52)32-33-54-56-35-34-55(50(4)30-26-29-49(2)3)62(56,6)39-37-57(54)61/h11-12,14-15,32,49-50,52-58H,7-10,13,16-31,33-48H2,1-6H3. The van der Waals surface area contributed by atoms with E-state index in [1.165, 1.54) is 140 Å². The van der Waals surface area contributed by atoms with Crippen LogP contribution >= 0.6 is 0 Å². The van der Waals surface area contributed by atoms with Gasteiger partial charge in [0.2, 0.25) is 0 Å². The van der Waals surface area contributed by atoms with Crippen LogP contribution in [-0.2, 0) is 23.7 Å². The molecule has 0 N–H and O–H groups in total. The van der Waals surface area contributed by atoms with Crippen LogP contribution in [0.1, 0.15) is 228 Å². The zero-order chi connectivity index (χ0) is 49.6. The van der Waals surface area contributed by atoms with E-state index in [1.807, 2.05) is 0 Å². The maximum absolute atomic E-state index is 13.8. The number of rotatable bonds is 31. The number of likely N-dealkylation sites (tertiary alicyclic amines) is 2. The van der Waals surface area contributed by atoms with Crippen molar-refractivity contribution in [1.82, 2.24) is 9.80 Å². The lowest BCUT2D eigenvalue weighted by Gasteiger charge is -2.58. The number of allylic oxidation sites excluding steroid dienone is 5. The average molecular weight is 976 g/mol. The van der Waals surface area contributed by atoms with Crippen molar-refractivity contribution < 1.29 is 28.5 Å². The second kappa shape index (κ2) is 30.3. The van der Waals surface area contributed by atoms with E-state index in [9.17, 15) is 9.59 Å². The molecule has 8 heteroatoms. The minimum absolute atomic E-state index is 0.0125. The highest BCUT2D eigenvalue weighted by atomic mass is 16.6. The number of hydrogen-bond acceptors (Lipinski definition) is 7. The number of nitrogens with zero attached hydrogens (tertiary/aromatic N) is 2. The van der Waals surface area contributed by atoms with E-state index in [2.05, 4.69) is 76.8 Å². The summed E-state index contributed by atoms with van der Waals surface area (Å²) in [5.41, 5.74) is 2.23. The summed E-state index contributed by atoms with van der Waals surface area (Å²) in [7, 11) is 0. The lowest BCUT2D eigenvalue weighted by atomic mass is 9.47. The molecule has 5 fully saturated rings. The van der Waals surface area contributed by atoms with Gasteiger partial charge in [-0.25, -0.2) is 9.59 Å². The number of hydrogen-bond donors (Lipinski definition) is 0. The van der Waals surface area contributed by atoms with Gasteiger partial charge in [0.15, 0.2) is 0 Å². The summed E-state index contributed by atoms with van der Waals surface area (Å²) < 4.78 is 24.7. The summed E-state index contributed by atoms with van der Waals surface area (Å²) in [4.78, 5) is 31.4. The lowest BCUT2D eigenvalue weighted by molar-refractivity contribution is -0.149. The quantitative estimate of drug-likeness (QED) is 0.0389. The Labute approximate surface area is 429 Å². The van der Waals surface area contributed by atoms with Crippen LogP contribution < -0.4 is 0 Å². The third-order valence-corrected chi connectivity index (χ3v) is 18.9. The summed E-state index contributed by atoms with van der Waals surface area (Å²) in [6.45, 7) is 20.7. The monoisotopic (exact) mass is 975 g/mol. The van der Waals surface area contributed by atoms with Gasteiger partial charge < -0.3 is 23.8 Å². The summed E-state index contributed by atoms with van der Waals surface area (Å²) >= 11 is 0. The molecule has 2 heterocycles. The van der Waals surface area contributed by atoms with Crippen molar-refractivity contribution >= 4 is 12.1 Å². The Hall–Kier alpha value is -2.16. The summed E-state index contributed by atoms with van der Waals surface area (Å²) in [6.07, 6.45) is 46.0. The zero-order valence-corrected chi connectivity index (χ0v) is 46.1. The molecule has 10 unspecified atom stereocenters. The number of unbranched alkanes of at least 4 members (excludes halogenated alkanes) is 9. The third kappa shape index (κ3) is 16.9. The van der Waals surface area contributed by atoms with Crippen molar-refractivity contribution in [2.45, 2.75) is 246 Å². The Morgan fingerprint density at radius 1 is 0.743 bits per heavy atom. The molecule has 8 nitrogen and oxygen atoms in total. The predicted octanol–water partition coefficient (Wildman–Crippen LogP) is 15.6. The first kappa shape index (κ1) is 57.1. The Bertz CT molecular complexity index is 1600. The van der Waals surface area contributed by atoms with Gasteiger partial charge in [0.1, 0.15) is 12.1 Å². The van der Waals surface area contributed by atoms with E-state index in [4.69, 9.17) is 18.9 Å². The summed E-state index contributed by atoms with van der Waals surface area (Å²) in [5, 5.41) is 0. The van der Waals surface area contributed by atoms with Gasteiger partial charge in [-0.1, -0.05) is 142 Å². The number of piperidine rings is 1. The van der Waals surface area contributed by atoms with Crippen LogP contribution in [0, 0.1) is 46.3 Å². The third-order valence-electron chi connectivity index (χ3n) is 18.9. The molecule has 0 aromatic heterocycles. The van der Waals surface area contributed by atoms with E-state index in [0.29, 0.717) is 38.0 Å². The Morgan fingerprint density at radius 3 is 2.27 bits per heavy atom. The minimum atomic E-state index is -0.568. The van der Waals surface area contributed by atoms with Crippen molar-refractivity contribution in [3.63, 3.8) is 0 Å². The van der Waals surface area contributed by atoms with Gasteiger partial charge in [-0.05, 0) is 169 Å². The van der Waals surface area contributed by atoms with Crippen molar-refractivity contribution in [2.75, 3.05) is 52.6 Å². The van der Waals surface area contributed by atoms with Gasteiger partial charge in [0, 0.05) is 32.5 Å². The molecule has 0 radical (unpaired) electrons. The number of amides is 1. The van der Waals surface area contributed by atoms with E-state index >= 15 is 0 Å². The molecule has 2 saturated heterocycles. The zero-order valence-electron chi connectivity index (χ0n) is 46.1. The van der Waals surface area contributed by atoms with Crippen molar-refractivity contribution in [3.05, 3.63) is 36.0 Å². The van der Waals surface area contributed by atoms with Crippen LogP contribution in [-0.4, -0.2) is 92.7 Å². The molecule has 10 atom stereocenters. The molecule has 1 amide bonds. The molecule has 4 aliphatic carbocycles. The maximum atomic E-state index is 13.8. The second-order valence-electron chi connectivity index (χ2n) is 24.4. The van der Waals surface area contributed by atoms with Crippen LogP contribution in [0.5, 0.6) is 0 Å². The highest BCUT2D eigenvalue weighted by Gasteiger charge is 2.59. The van der Waals surface area contributed by atoms with Gasteiger partial charge in [-0.2, -0.15) is 0 Å². The van der Waals surface area contributed by atoms with E-state index in [0.717, 1.165) is 100 Å². The first-order valence-electron chi connectivity index (χ1n) is 30.1. The second-order valence-corrected chi connectivity index (χ2v) is 24.4. The van der Waals surface area contributed by atoms with Crippen molar-refractivity contribution in [3.8, 4) is 0 Å². The largest absolute Gasteiger partial charge is 0.464 e. The Kier molecular flexibility index (Phi) is 24.7. The molecule has 0 aromatic carbocycles. The van der Waals surface area contributed by atoms with Crippen molar-refractivity contribution in [2.24, 2.45) is 46.3 Å². The number of esters is 1. The normalized spacial score (nSPS) is 30.1.